The van der Waals surface area contributed by atoms with Crippen LogP contribution in [0.5, 0.6) is 0 Å². The van der Waals surface area contributed by atoms with Crippen LogP contribution in [0.25, 0.3) is 22.3 Å². The average Bonchev–Trinajstić information content (AvgIpc) is 3.26. The Morgan fingerprint density at radius 1 is 1.19 bits per heavy atom. The second kappa shape index (κ2) is 11.4. The number of nitrogens with zero attached hydrogens (tertiary/aromatic N) is 6. The normalized spacial score (nSPS) is 10.9. The third kappa shape index (κ3) is 5.73. The summed E-state index contributed by atoms with van der Waals surface area (Å²) < 4.78 is 1.90. The van der Waals surface area contributed by atoms with Gasteiger partial charge in [-0.05, 0) is 56.7 Å². The summed E-state index contributed by atoms with van der Waals surface area (Å²) in [7, 11) is 1.75. The lowest BCUT2D eigenvalue weighted by Gasteiger charge is -2.18. The highest BCUT2D eigenvalue weighted by atomic mass is 35.5. The van der Waals surface area contributed by atoms with E-state index in [1.807, 2.05) is 24.6 Å². The van der Waals surface area contributed by atoms with Gasteiger partial charge in [0.2, 0.25) is 0 Å². The van der Waals surface area contributed by atoms with Gasteiger partial charge in [-0.2, -0.15) is 10.4 Å². The second-order valence-electron chi connectivity index (χ2n) is 8.98. The van der Waals surface area contributed by atoms with Crippen molar-refractivity contribution in [2.45, 2.75) is 46.7 Å². The number of nitriles is 1. The highest BCUT2D eigenvalue weighted by Gasteiger charge is 2.21. The van der Waals surface area contributed by atoms with Crippen molar-refractivity contribution >= 4 is 34.1 Å². The molecule has 37 heavy (non-hydrogen) atoms. The Bertz CT molecular complexity index is 1490. The fourth-order valence-electron chi connectivity index (χ4n) is 4.19. The van der Waals surface area contributed by atoms with Crippen LogP contribution in [0, 0.1) is 18.3 Å². The van der Waals surface area contributed by atoms with Gasteiger partial charge in [-0.15, -0.1) is 0 Å². The van der Waals surface area contributed by atoms with E-state index >= 15 is 0 Å². The summed E-state index contributed by atoms with van der Waals surface area (Å²) >= 11 is 6.29. The van der Waals surface area contributed by atoms with Crippen LogP contribution in [0.1, 0.15) is 54.0 Å². The predicted octanol–water partition coefficient (Wildman–Crippen LogP) is 5.83. The van der Waals surface area contributed by atoms with Gasteiger partial charge >= 0.3 is 0 Å². The Hall–Kier alpha value is -3.96. The van der Waals surface area contributed by atoms with Gasteiger partial charge in [-0.1, -0.05) is 24.9 Å². The van der Waals surface area contributed by atoms with Gasteiger partial charge in [0.05, 0.1) is 23.3 Å². The number of benzene rings is 2. The van der Waals surface area contributed by atoms with Gasteiger partial charge in [0.15, 0.2) is 5.82 Å². The molecule has 0 aliphatic heterocycles. The van der Waals surface area contributed by atoms with Crippen LogP contribution in [-0.2, 0) is 13.1 Å². The van der Waals surface area contributed by atoms with Crippen LogP contribution in [0.4, 0.5) is 5.69 Å². The summed E-state index contributed by atoms with van der Waals surface area (Å²) in [5, 5.41) is 18.4. The van der Waals surface area contributed by atoms with Gasteiger partial charge in [-0.25, -0.2) is 9.97 Å². The number of carbonyl (C=O) groups is 1. The molecule has 8 nitrogen and oxygen atoms in total. The molecule has 2 aromatic carbocycles. The second-order valence-corrected chi connectivity index (χ2v) is 9.42. The number of hydrogen-bond donors (Lipinski definition) is 1. The highest BCUT2D eigenvalue weighted by Crippen LogP contribution is 2.28. The van der Waals surface area contributed by atoms with Crippen LogP contribution < -0.4 is 5.32 Å². The van der Waals surface area contributed by atoms with Gasteiger partial charge in [0.25, 0.3) is 5.91 Å². The molecule has 0 saturated heterocycles. The molecule has 0 radical (unpaired) electrons. The fourth-order valence-corrected chi connectivity index (χ4v) is 4.37. The van der Waals surface area contributed by atoms with Crippen molar-refractivity contribution < 1.29 is 4.79 Å². The third-order valence-corrected chi connectivity index (χ3v) is 6.53. The van der Waals surface area contributed by atoms with Gasteiger partial charge in [0, 0.05) is 59.6 Å². The van der Waals surface area contributed by atoms with E-state index in [-0.39, 0.29) is 11.6 Å². The van der Waals surface area contributed by atoms with Crippen LogP contribution in [0.2, 0.25) is 5.02 Å². The molecule has 0 fully saturated rings. The number of aromatic nitrogens is 4. The molecule has 0 bridgehead atoms. The largest absolute Gasteiger partial charge is 0.385 e. The Balaban J connectivity index is 1.77. The first-order valence-corrected chi connectivity index (χ1v) is 12.8. The van der Waals surface area contributed by atoms with E-state index in [0.29, 0.717) is 39.4 Å². The monoisotopic (exact) mass is 515 g/mol. The number of hydrogen-bond acceptors (Lipinski definition) is 6. The minimum absolute atomic E-state index is 0.253. The molecule has 0 saturated carbocycles. The molecule has 2 heterocycles. The summed E-state index contributed by atoms with van der Waals surface area (Å²) in [6.45, 7) is 8.10. The lowest BCUT2D eigenvalue weighted by atomic mass is 10.1. The predicted molar refractivity (Wildman–Crippen MR) is 147 cm³/mol. The minimum atomic E-state index is -0.253. The summed E-state index contributed by atoms with van der Waals surface area (Å²) in [5.74, 6) is 0.120. The summed E-state index contributed by atoms with van der Waals surface area (Å²) in [4.78, 5) is 24.8. The van der Waals surface area contributed by atoms with Crippen molar-refractivity contribution in [2.75, 3.05) is 18.9 Å². The zero-order chi connectivity index (χ0) is 26.5. The van der Waals surface area contributed by atoms with Crippen molar-refractivity contribution in [3.63, 3.8) is 0 Å². The van der Waals surface area contributed by atoms with Crippen LogP contribution in [-0.4, -0.2) is 44.1 Å². The zero-order valence-electron chi connectivity index (χ0n) is 21.5. The summed E-state index contributed by atoms with van der Waals surface area (Å²) in [5.41, 5.74) is 4.82. The standard InChI is InChI=1S/C28H30ClN7O/c1-5-7-10-31-23-12-19(15-30)11-20(13-23)27-33-25-9-8-22(29)14-24(25)26(34-27)28(37)35(4)17-21-16-32-36(6-2)18(21)3/h8-9,11-14,16,31H,5-7,10,17H2,1-4H3. The number of amides is 1. The van der Waals surface area contributed by atoms with Gasteiger partial charge in [-0.3, -0.25) is 9.48 Å². The lowest BCUT2D eigenvalue weighted by molar-refractivity contribution is 0.0781. The molecule has 0 aliphatic carbocycles. The number of halogens is 1. The number of unbranched alkanes of at least 4 members (excludes halogenated alkanes) is 1. The molecule has 0 atom stereocenters. The van der Waals surface area contributed by atoms with Crippen molar-refractivity contribution in [2.24, 2.45) is 0 Å². The zero-order valence-corrected chi connectivity index (χ0v) is 22.3. The number of rotatable bonds is 9. The number of nitrogens with one attached hydrogen (secondary N) is 1. The molecule has 4 rings (SSSR count). The van der Waals surface area contributed by atoms with Crippen molar-refractivity contribution in [1.82, 2.24) is 24.6 Å². The molecular weight excluding hydrogens is 486 g/mol. The first-order valence-electron chi connectivity index (χ1n) is 12.4. The molecule has 0 spiro atoms. The molecule has 2 aromatic heterocycles. The van der Waals surface area contributed by atoms with E-state index in [0.717, 1.165) is 42.9 Å². The summed E-state index contributed by atoms with van der Waals surface area (Å²) in [6.07, 6.45) is 3.87. The maximum Gasteiger partial charge on any atom is 0.273 e. The molecule has 0 aliphatic rings. The third-order valence-electron chi connectivity index (χ3n) is 6.30. The van der Waals surface area contributed by atoms with Gasteiger partial charge < -0.3 is 10.2 Å². The van der Waals surface area contributed by atoms with E-state index in [2.05, 4.69) is 23.4 Å². The van der Waals surface area contributed by atoms with Crippen LogP contribution >= 0.6 is 11.6 Å². The Kier molecular flexibility index (Phi) is 8.04. The maximum absolute atomic E-state index is 13.7. The fraction of sp³-hybridized carbons (Fsp3) is 0.321. The van der Waals surface area contributed by atoms with Crippen molar-refractivity contribution in [3.8, 4) is 17.5 Å². The molecule has 9 heteroatoms. The molecule has 190 valence electrons. The van der Waals surface area contributed by atoms with E-state index in [1.54, 1.807) is 48.5 Å². The molecule has 0 unspecified atom stereocenters. The lowest BCUT2D eigenvalue weighted by Crippen LogP contribution is -2.27. The van der Waals surface area contributed by atoms with Crippen LogP contribution in [0.15, 0.2) is 42.6 Å². The van der Waals surface area contributed by atoms with Crippen molar-refractivity contribution in [3.05, 3.63) is 70.1 Å². The first-order chi connectivity index (χ1) is 17.8. The quantitative estimate of drug-likeness (QED) is 0.281. The molecular formula is C28H30ClN7O. The van der Waals surface area contributed by atoms with E-state index < -0.39 is 0 Å². The smallest absolute Gasteiger partial charge is 0.273 e. The Morgan fingerprint density at radius 2 is 2.00 bits per heavy atom. The number of anilines is 1. The molecule has 4 aromatic rings. The number of carbonyl (C=O) groups excluding carboxylic acids is 1. The minimum Gasteiger partial charge on any atom is -0.385 e. The average molecular weight is 516 g/mol. The van der Waals surface area contributed by atoms with E-state index in [9.17, 15) is 10.1 Å². The molecule has 1 amide bonds. The van der Waals surface area contributed by atoms with Gasteiger partial charge in [0.1, 0.15) is 5.69 Å². The topological polar surface area (TPSA) is 99.7 Å². The SMILES string of the molecule is CCCCNc1cc(C#N)cc(-c2nc(C(=O)N(C)Cc3cnn(CC)c3C)c3cc(Cl)ccc3n2)c1. The highest BCUT2D eigenvalue weighted by molar-refractivity contribution is 6.31. The Labute approximate surface area is 221 Å². The van der Waals surface area contributed by atoms with Crippen LogP contribution in [0.3, 0.4) is 0 Å². The number of aryl methyl sites for hydroxylation is 1. The summed E-state index contributed by atoms with van der Waals surface area (Å²) in [6, 6.07) is 12.9. The van der Waals surface area contributed by atoms with E-state index in [1.165, 1.54) is 0 Å². The Morgan fingerprint density at radius 3 is 2.70 bits per heavy atom. The first kappa shape index (κ1) is 26.1. The van der Waals surface area contributed by atoms with E-state index in [4.69, 9.17) is 21.6 Å². The number of fused-ring (bicyclic) bond motifs is 1. The molecule has 1 N–H and O–H groups in total. The maximum atomic E-state index is 13.7. The van der Waals surface area contributed by atoms with Crippen molar-refractivity contribution in [1.29, 1.82) is 5.26 Å².